The number of H-pyrrole nitrogens is 1. The number of nitrogens with zero attached hydrogens (tertiary/aromatic N) is 4. The number of piperazine rings is 1. The molecule has 9 heteroatoms. The molecule has 0 atom stereocenters. The number of benzene rings is 1. The lowest BCUT2D eigenvalue weighted by Gasteiger charge is -2.40. The van der Waals surface area contributed by atoms with E-state index >= 15 is 0 Å². The number of nitrogens with one attached hydrogen (secondary N) is 1. The van der Waals surface area contributed by atoms with Gasteiger partial charge < -0.3 is 19.4 Å². The maximum Gasteiger partial charge on any atom is 0.278 e. The van der Waals surface area contributed by atoms with E-state index in [1.807, 2.05) is 4.90 Å². The van der Waals surface area contributed by atoms with E-state index in [0.717, 1.165) is 24.0 Å². The molecule has 1 amide bonds. The third-order valence-corrected chi connectivity index (χ3v) is 7.14. The summed E-state index contributed by atoms with van der Waals surface area (Å²) in [4.78, 5) is 38.1. The lowest BCUT2D eigenvalue weighted by Crippen LogP contribution is -2.53. The van der Waals surface area contributed by atoms with Crippen LogP contribution in [-0.4, -0.2) is 76.7 Å². The van der Waals surface area contributed by atoms with Crippen LogP contribution in [0.5, 0.6) is 11.5 Å². The quantitative estimate of drug-likeness (QED) is 0.638. The van der Waals surface area contributed by atoms with Crippen LogP contribution in [0.2, 0.25) is 0 Å². The number of aromatic nitrogens is 3. The van der Waals surface area contributed by atoms with Crippen LogP contribution in [0.25, 0.3) is 21.9 Å². The highest BCUT2D eigenvalue weighted by Gasteiger charge is 2.27. The second kappa shape index (κ2) is 9.05. The minimum absolute atomic E-state index is 0.00674. The van der Waals surface area contributed by atoms with Gasteiger partial charge in [-0.15, -0.1) is 0 Å². The first kappa shape index (κ1) is 21.8. The van der Waals surface area contributed by atoms with Gasteiger partial charge in [0.05, 0.1) is 26.1 Å². The zero-order valence-corrected chi connectivity index (χ0v) is 19.3. The second-order valence-corrected chi connectivity index (χ2v) is 8.99. The third-order valence-electron chi connectivity index (χ3n) is 7.14. The number of fused-ring (bicyclic) bond motifs is 3. The lowest BCUT2D eigenvalue weighted by molar-refractivity contribution is -0.134. The molecular formula is C24H31N5O4. The second-order valence-electron chi connectivity index (χ2n) is 8.99. The van der Waals surface area contributed by atoms with Crippen molar-refractivity contribution in [1.29, 1.82) is 0 Å². The summed E-state index contributed by atoms with van der Waals surface area (Å²) >= 11 is 0. The first-order valence-corrected chi connectivity index (χ1v) is 11.7. The molecule has 1 aliphatic heterocycles. The SMILES string of the molecule is COc1cc2[nH]c3c(=O)n(CC(=O)N4CCN(C5CCCCC5)CC4)cnc3c2cc1OC. The molecule has 0 unspecified atom stereocenters. The van der Waals surface area contributed by atoms with E-state index < -0.39 is 0 Å². The Labute approximate surface area is 192 Å². The summed E-state index contributed by atoms with van der Waals surface area (Å²) in [6.07, 6.45) is 7.99. The van der Waals surface area contributed by atoms with Crippen molar-refractivity contribution < 1.29 is 14.3 Å². The molecule has 9 nitrogen and oxygen atoms in total. The van der Waals surface area contributed by atoms with Crippen LogP contribution < -0.4 is 15.0 Å². The molecule has 5 rings (SSSR count). The minimum Gasteiger partial charge on any atom is -0.493 e. The van der Waals surface area contributed by atoms with Gasteiger partial charge in [0.15, 0.2) is 11.5 Å². The van der Waals surface area contributed by atoms with Crippen LogP contribution in [0.1, 0.15) is 32.1 Å². The molecule has 1 saturated carbocycles. The van der Waals surface area contributed by atoms with Gasteiger partial charge in [-0.05, 0) is 18.9 Å². The minimum atomic E-state index is -0.261. The third kappa shape index (κ3) is 4.06. The fourth-order valence-corrected chi connectivity index (χ4v) is 5.26. The number of hydrogen-bond donors (Lipinski definition) is 1. The molecule has 2 aliphatic rings. The Balaban J connectivity index is 1.33. The van der Waals surface area contributed by atoms with Gasteiger partial charge in [-0.1, -0.05) is 19.3 Å². The van der Waals surface area contributed by atoms with Crippen molar-refractivity contribution in [3.05, 3.63) is 28.8 Å². The Hall–Kier alpha value is -3.07. The average Bonchev–Trinajstić information content (AvgIpc) is 3.23. The van der Waals surface area contributed by atoms with Gasteiger partial charge in [0.25, 0.3) is 5.56 Å². The summed E-state index contributed by atoms with van der Waals surface area (Å²) in [5.41, 5.74) is 1.40. The van der Waals surface area contributed by atoms with Crippen LogP contribution in [0.4, 0.5) is 0 Å². The molecule has 0 spiro atoms. The number of carbonyl (C=O) groups excluding carboxylic acids is 1. The molecule has 2 fully saturated rings. The topological polar surface area (TPSA) is 92.7 Å². The predicted molar refractivity (Wildman–Crippen MR) is 126 cm³/mol. The van der Waals surface area contributed by atoms with E-state index in [1.54, 1.807) is 26.4 Å². The molecule has 0 bridgehead atoms. The highest BCUT2D eigenvalue weighted by molar-refractivity contribution is 6.05. The van der Waals surface area contributed by atoms with Gasteiger partial charge in [-0.3, -0.25) is 19.1 Å². The number of rotatable bonds is 5. The van der Waals surface area contributed by atoms with Crippen LogP contribution in [0, 0.1) is 0 Å². The molecule has 1 aromatic carbocycles. The van der Waals surface area contributed by atoms with E-state index in [4.69, 9.17) is 9.47 Å². The van der Waals surface area contributed by atoms with Crippen molar-refractivity contribution in [2.24, 2.45) is 0 Å². The van der Waals surface area contributed by atoms with E-state index in [1.165, 1.54) is 43.0 Å². The molecule has 3 aromatic rings. The molecule has 1 saturated heterocycles. The van der Waals surface area contributed by atoms with Gasteiger partial charge in [0.2, 0.25) is 5.91 Å². The van der Waals surface area contributed by atoms with Crippen molar-refractivity contribution >= 4 is 27.8 Å². The molecule has 3 heterocycles. The first-order chi connectivity index (χ1) is 16.1. The first-order valence-electron chi connectivity index (χ1n) is 11.7. The Morgan fingerprint density at radius 1 is 1.06 bits per heavy atom. The Bertz CT molecular complexity index is 1220. The largest absolute Gasteiger partial charge is 0.493 e. The summed E-state index contributed by atoms with van der Waals surface area (Å²) in [5.74, 6) is 1.10. The number of methoxy groups -OCH3 is 2. The average molecular weight is 454 g/mol. The normalized spacial score (nSPS) is 18.2. The van der Waals surface area contributed by atoms with Crippen LogP contribution >= 0.6 is 0 Å². The fraction of sp³-hybridized carbons (Fsp3) is 0.542. The molecule has 2 aromatic heterocycles. The fourth-order valence-electron chi connectivity index (χ4n) is 5.26. The molecule has 0 radical (unpaired) electrons. The zero-order chi connectivity index (χ0) is 22.9. The summed E-state index contributed by atoms with van der Waals surface area (Å²) in [7, 11) is 3.14. The Morgan fingerprint density at radius 2 is 1.76 bits per heavy atom. The van der Waals surface area contributed by atoms with Gasteiger partial charge in [-0.25, -0.2) is 4.98 Å². The number of ether oxygens (including phenoxy) is 2. The lowest BCUT2D eigenvalue weighted by atomic mass is 9.94. The van der Waals surface area contributed by atoms with Crippen molar-refractivity contribution in [2.45, 2.75) is 44.7 Å². The number of hydrogen-bond acceptors (Lipinski definition) is 6. The van der Waals surface area contributed by atoms with E-state index in [9.17, 15) is 9.59 Å². The van der Waals surface area contributed by atoms with Gasteiger partial charge >= 0.3 is 0 Å². The zero-order valence-electron chi connectivity index (χ0n) is 19.3. The Kier molecular flexibility index (Phi) is 5.97. The molecular weight excluding hydrogens is 422 g/mol. The summed E-state index contributed by atoms with van der Waals surface area (Å²) in [5, 5.41) is 0.775. The highest BCUT2D eigenvalue weighted by atomic mass is 16.5. The molecule has 176 valence electrons. The van der Waals surface area contributed by atoms with E-state index in [0.29, 0.717) is 41.7 Å². The van der Waals surface area contributed by atoms with Crippen molar-refractivity contribution in [3.8, 4) is 11.5 Å². The van der Waals surface area contributed by atoms with Crippen LogP contribution in [-0.2, 0) is 11.3 Å². The maximum atomic E-state index is 13.1. The number of aromatic amines is 1. The monoisotopic (exact) mass is 453 g/mol. The molecule has 1 N–H and O–H groups in total. The summed E-state index contributed by atoms with van der Waals surface area (Å²) < 4.78 is 12.1. The van der Waals surface area contributed by atoms with Crippen LogP contribution in [0.15, 0.2) is 23.3 Å². The summed E-state index contributed by atoms with van der Waals surface area (Å²) in [6.45, 7) is 3.24. The number of carbonyl (C=O) groups is 1. The molecule has 33 heavy (non-hydrogen) atoms. The predicted octanol–water partition coefficient (Wildman–Crippen LogP) is 2.37. The van der Waals surface area contributed by atoms with Crippen molar-refractivity contribution in [1.82, 2.24) is 24.3 Å². The van der Waals surface area contributed by atoms with Gasteiger partial charge in [0, 0.05) is 43.7 Å². The summed E-state index contributed by atoms with van der Waals surface area (Å²) in [6, 6.07) is 4.27. The van der Waals surface area contributed by atoms with Crippen molar-refractivity contribution in [2.75, 3.05) is 40.4 Å². The van der Waals surface area contributed by atoms with E-state index in [-0.39, 0.29) is 18.0 Å². The van der Waals surface area contributed by atoms with Crippen LogP contribution in [0.3, 0.4) is 0 Å². The maximum absolute atomic E-state index is 13.1. The standard InChI is InChI=1S/C24H31N5O4/c1-32-19-12-17-18(13-20(19)33-2)26-23-22(17)25-15-29(24(23)31)14-21(30)28-10-8-27(9-11-28)16-6-4-3-5-7-16/h12-13,15-16,26H,3-11,14H2,1-2H3. The van der Waals surface area contributed by atoms with Crippen molar-refractivity contribution in [3.63, 3.8) is 0 Å². The molecule has 1 aliphatic carbocycles. The number of amides is 1. The highest BCUT2D eigenvalue weighted by Crippen LogP contribution is 2.34. The Morgan fingerprint density at radius 3 is 2.45 bits per heavy atom. The smallest absolute Gasteiger partial charge is 0.278 e. The van der Waals surface area contributed by atoms with E-state index in [2.05, 4.69) is 14.9 Å². The van der Waals surface area contributed by atoms with Gasteiger partial charge in [-0.2, -0.15) is 0 Å². The van der Waals surface area contributed by atoms with Gasteiger partial charge in [0.1, 0.15) is 17.6 Å².